The highest BCUT2D eigenvalue weighted by Gasteiger charge is 2.28. The van der Waals surface area contributed by atoms with Crippen molar-refractivity contribution in [3.8, 4) is 5.75 Å². The number of nitrogens with zero attached hydrogens (tertiary/aromatic N) is 1. The number of sulfonamides is 1. The SMILES string of the molecule is CCOc1ccc(S(=O)(=O)N(CC(=O)N[C@@H](C)c2ccc3c(c2)CCCC3)c2ccc(F)cc2)cc1. The number of benzene rings is 3. The predicted octanol–water partition coefficient (Wildman–Crippen LogP) is 5.18. The Morgan fingerprint density at radius 2 is 1.67 bits per heavy atom. The van der Waals surface area contributed by atoms with Crippen molar-refractivity contribution in [1.82, 2.24) is 5.32 Å². The highest BCUT2D eigenvalue weighted by atomic mass is 32.2. The number of ether oxygens (including phenoxy) is 1. The first-order valence-corrected chi connectivity index (χ1v) is 13.6. The topological polar surface area (TPSA) is 75.7 Å². The minimum atomic E-state index is -4.11. The fraction of sp³-hybridized carbons (Fsp3) is 0.321. The summed E-state index contributed by atoms with van der Waals surface area (Å²) >= 11 is 0. The number of fused-ring (bicyclic) bond motifs is 1. The Hall–Kier alpha value is -3.39. The van der Waals surface area contributed by atoms with E-state index in [1.807, 2.05) is 19.9 Å². The summed E-state index contributed by atoms with van der Waals surface area (Å²) in [5.41, 5.74) is 3.84. The zero-order chi connectivity index (χ0) is 25.7. The van der Waals surface area contributed by atoms with E-state index >= 15 is 0 Å². The van der Waals surface area contributed by atoms with Crippen LogP contribution in [0.4, 0.5) is 10.1 Å². The van der Waals surface area contributed by atoms with Crippen molar-refractivity contribution < 1.29 is 22.3 Å². The molecule has 1 N–H and O–H groups in total. The van der Waals surface area contributed by atoms with Crippen molar-refractivity contribution in [3.63, 3.8) is 0 Å². The van der Waals surface area contributed by atoms with Crippen LogP contribution in [-0.4, -0.2) is 27.5 Å². The second-order valence-electron chi connectivity index (χ2n) is 8.92. The summed E-state index contributed by atoms with van der Waals surface area (Å²) in [7, 11) is -4.11. The van der Waals surface area contributed by atoms with E-state index in [0.29, 0.717) is 12.4 Å². The van der Waals surface area contributed by atoms with Gasteiger partial charge in [-0.1, -0.05) is 18.2 Å². The summed E-state index contributed by atoms with van der Waals surface area (Å²) in [4.78, 5) is 13.1. The molecule has 0 saturated heterocycles. The summed E-state index contributed by atoms with van der Waals surface area (Å²) in [6, 6.07) is 17.0. The van der Waals surface area contributed by atoms with E-state index in [-0.39, 0.29) is 16.6 Å². The molecule has 36 heavy (non-hydrogen) atoms. The fourth-order valence-electron chi connectivity index (χ4n) is 4.45. The van der Waals surface area contributed by atoms with Crippen molar-refractivity contribution in [2.75, 3.05) is 17.5 Å². The van der Waals surface area contributed by atoms with Crippen LogP contribution in [0.25, 0.3) is 0 Å². The maximum absolute atomic E-state index is 13.6. The number of nitrogens with one attached hydrogen (secondary N) is 1. The molecule has 190 valence electrons. The minimum Gasteiger partial charge on any atom is -0.494 e. The molecule has 0 aromatic heterocycles. The minimum absolute atomic E-state index is 0.00538. The monoisotopic (exact) mass is 510 g/mol. The van der Waals surface area contributed by atoms with Gasteiger partial charge in [-0.15, -0.1) is 0 Å². The van der Waals surface area contributed by atoms with Crippen LogP contribution in [-0.2, 0) is 27.7 Å². The average Bonchev–Trinajstić information content (AvgIpc) is 2.88. The second kappa shape index (κ2) is 11.1. The van der Waals surface area contributed by atoms with Gasteiger partial charge in [-0.05, 0) is 105 Å². The smallest absolute Gasteiger partial charge is 0.264 e. The number of amides is 1. The van der Waals surface area contributed by atoms with E-state index < -0.39 is 28.3 Å². The van der Waals surface area contributed by atoms with E-state index in [2.05, 4.69) is 17.4 Å². The fourth-order valence-corrected chi connectivity index (χ4v) is 5.87. The Bertz CT molecular complexity index is 1310. The zero-order valence-corrected chi connectivity index (χ0v) is 21.4. The number of carbonyl (C=O) groups excluding carboxylic acids is 1. The van der Waals surface area contributed by atoms with Crippen LogP contribution in [0.2, 0.25) is 0 Å². The van der Waals surface area contributed by atoms with Gasteiger partial charge in [-0.3, -0.25) is 9.10 Å². The Kier molecular flexibility index (Phi) is 7.94. The number of hydrogen-bond acceptors (Lipinski definition) is 4. The molecule has 0 bridgehead atoms. The van der Waals surface area contributed by atoms with Crippen LogP contribution in [0.15, 0.2) is 71.6 Å². The third-order valence-corrected chi connectivity index (χ3v) is 8.16. The van der Waals surface area contributed by atoms with Crippen molar-refractivity contribution >= 4 is 21.6 Å². The van der Waals surface area contributed by atoms with Gasteiger partial charge in [0.1, 0.15) is 18.1 Å². The molecule has 0 spiro atoms. The van der Waals surface area contributed by atoms with Gasteiger partial charge in [0.05, 0.1) is 23.2 Å². The Labute approximate surface area is 212 Å². The molecule has 1 aliphatic carbocycles. The van der Waals surface area contributed by atoms with Gasteiger partial charge < -0.3 is 10.1 Å². The van der Waals surface area contributed by atoms with Gasteiger partial charge in [0.25, 0.3) is 10.0 Å². The molecular weight excluding hydrogens is 479 g/mol. The lowest BCUT2D eigenvalue weighted by molar-refractivity contribution is -0.120. The van der Waals surface area contributed by atoms with Gasteiger partial charge in [-0.2, -0.15) is 0 Å². The summed E-state index contributed by atoms with van der Waals surface area (Å²) in [6.07, 6.45) is 4.46. The van der Waals surface area contributed by atoms with Crippen molar-refractivity contribution in [2.24, 2.45) is 0 Å². The lowest BCUT2D eigenvalue weighted by atomic mass is 9.89. The normalized spacial score (nSPS) is 14.0. The summed E-state index contributed by atoms with van der Waals surface area (Å²) < 4.78 is 47.1. The van der Waals surface area contributed by atoms with E-state index in [0.717, 1.165) is 29.1 Å². The van der Waals surface area contributed by atoms with Crippen molar-refractivity contribution in [3.05, 3.63) is 89.2 Å². The molecule has 1 aliphatic rings. The number of anilines is 1. The first-order chi connectivity index (χ1) is 17.3. The van der Waals surface area contributed by atoms with Crippen LogP contribution in [0.3, 0.4) is 0 Å². The Morgan fingerprint density at radius 1 is 1.00 bits per heavy atom. The molecule has 0 heterocycles. The first kappa shape index (κ1) is 25.7. The molecular formula is C28H31FN2O4S. The molecule has 8 heteroatoms. The van der Waals surface area contributed by atoms with Gasteiger partial charge in [0.15, 0.2) is 0 Å². The molecule has 0 radical (unpaired) electrons. The highest BCUT2D eigenvalue weighted by molar-refractivity contribution is 7.92. The van der Waals surface area contributed by atoms with Gasteiger partial charge in [0, 0.05) is 0 Å². The molecule has 0 unspecified atom stereocenters. The number of halogens is 1. The van der Waals surface area contributed by atoms with Gasteiger partial charge >= 0.3 is 0 Å². The van der Waals surface area contributed by atoms with Gasteiger partial charge in [-0.25, -0.2) is 12.8 Å². The van der Waals surface area contributed by atoms with Crippen LogP contribution in [0, 0.1) is 5.82 Å². The number of aryl methyl sites for hydroxylation is 2. The van der Waals surface area contributed by atoms with E-state index in [9.17, 15) is 17.6 Å². The second-order valence-corrected chi connectivity index (χ2v) is 10.8. The molecule has 3 aromatic rings. The van der Waals surface area contributed by atoms with Crippen LogP contribution < -0.4 is 14.4 Å². The maximum Gasteiger partial charge on any atom is 0.264 e. The largest absolute Gasteiger partial charge is 0.494 e. The predicted molar refractivity (Wildman–Crippen MR) is 138 cm³/mol. The average molecular weight is 511 g/mol. The number of rotatable bonds is 9. The Morgan fingerprint density at radius 3 is 2.33 bits per heavy atom. The standard InChI is InChI=1S/C28H31FN2O4S/c1-3-35-26-14-16-27(17-15-26)36(33,34)31(25-12-10-24(29)11-13-25)19-28(32)30-20(2)22-9-8-21-6-4-5-7-23(21)18-22/h8-18,20H,3-7,19H2,1-2H3,(H,30,32)/t20-/m0/s1. The summed E-state index contributed by atoms with van der Waals surface area (Å²) in [5, 5.41) is 2.92. The van der Waals surface area contributed by atoms with Gasteiger partial charge in [0.2, 0.25) is 5.91 Å². The lowest BCUT2D eigenvalue weighted by Gasteiger charge is -2.25. The third kappa shape index (κ3) is 5.87. The lowest BCUT2D eigenvalue weighted by Crippen LogP contribution is -2.41. The molecule has 1 atom stereocenters. The first-order valence-electron chi connectivity index (χ1n) is 12.2. The molecule has 0 saturated carbocycles. The van der Waals surface area contributed by atoms with E-state index in [1.54, 1.807) is 12.1 Å². The van der Waals surface area contributed by atoms with Crippen molar-refractivity contribution in [1.29, 1.82) is 0 Å². The van der Waals surface area contributed by atoms with Crippen LogP contribution >= 0.6 is 0 Å². The van der Waals surface area contributed by atoms with E-state index in [1.165, 1.54) is 53.9 Å². The van der Waals surface area contributed by atoms with Crippen LogP contribution in [0.1, 0.15) is 49.4 Å². The third-order valence-electron chi connectivity index (χ3n) is 6.37. The molecule has 6 nitrogen and oxygen atoms in total. The van der Waals surface area contributed by atoms with Crippen LogP contribution in [0.5, 0.6) is 5.75 Å². The molecule has 0 fully saturated rings. The molecule has 3 aromatic carbocycles. The molecule has 1 amide bonds. The number of hydrogen-bond donors (Lipinski definition) is 1. The zero-order valence-electron chi connectivity index (χ0n) is 20.5. The van der Waals surface area contributed by atoms with Crippen molar-refractivity contribution in [2.45, 2.75) is 50.5 Å². The Balaban J connectivity index is 1.56. The number of carbonyl (C=O) groups is 1. The molecule has 0 aliphatic heterocycles. The highest BCUT2D eigenvalue weighted by Crippen LogP contribution is 2.27. The summed E-state index contributed by atoms with van der Waals surface area (Å²) in [5.74, 6) is -0.414. The quantitative estimate of drug-likeness (QED) is 0.431. The van der Waals surface area contributed by atoms with E-state index in [4.69, 9.17) is 4.74 Å². The summed E-state index contributed by atoms with van der Waals surface area (Å²) in [6.45, 7) is 3.73. The molecule has 4 rings (SSSR count). The maximum atomic E-state index is 13.6.